The van der Waals surface area contributed by atoms with E-state index in [0.29, 0.717) is 12.5 Å². The molecular weight excluding hydrogens is 178 g/mol. The Kier molecular flexibility index (Phi) is 3.41. The minimum absolute atomic E-state index is 0.145. The van der Waals surface area contributed by atoms with Crippen LogP contribution in [-0.4, -0.2) is 28.2 Å². The zero-order valence-electron chi connectivity index (χ0n) is 8.91. The first-order valence-electron chi connectivity index (χ1n) is 4.67. The molecule has 0 aliphatic rings. The summed E-state index contributed by atoms with van der Waals surface area (Å²) in [6, 6.07) is 0. The van der Waals surface area contributed by atoms with Gasteiger partial charge in [0.25, 0.3) is 0 Å². The van der Waals surface area contributed by atoms with Crippen molar-refractivity contribution in [3.63, 3.8) is 0 Å². The Bertz CT molecular complexity index is 282. The average molecular weight is 195 g/mol. The van der Waals surface area contributed by atoms with Crippen LogP contribution in [0.3, 0.4) is 0 Å². The minimum Gasteiger partial charge on any atom is -0.396 e. The lowest BCUT2D eigenvalue weighted by atomic mass is 9.95. The van der Waals surface area contributed by atoms with Crippen molar-refractivity contribution >= 4 is 5.95 Å². The van der Waals surface area contributed by atoms with Gasteiger partial charge in [-0.25, -0.2) is 9.97 Å². The Morgan fingerprint density at radius 1 is 1.36 bits per heavy atom. The van der Waals surface area contributed by atoms with Gasteiger partial charge in [0.05, 0.1) is 0 Å². The molecular formula is C10H17N3O. The number of hydrogen-bond donors (Lipinski definition) is 2. The monoisotopic (exact) mass is 195 g/mol. The van der Waals surface area contributed by atoms with Crippen molar-refractivity contribution in [2.24, 2.45) is 5.41 Å². The number of nitrogens with one attached hydrogen (secondary N) is 1. The van der Waals surface area contributed by atoms with Gasteiger partial charge in [-0.15, -0.1) is 0 Å². The van der Waals surface area contributed by atoms with Crippen LogP contribution in [0, 0.1) is 12.3 Å². The molecule has 1 aromatic heterocycles. The van der Waals surface area contributed by atoms with E-state index >= 15 is 0 Å². The highest BCUT2D eigenvalue weighted by Gasteiger charge is 2.16. The van der Waals surface area contributed by atoms with E-state index in [2.05, 4.69) is 15.3 Å². The van der Waals surface area contributed by atoms with E-state index in [1.54, 1.807) is 12.4 Å². The standard InChI is InChI=1S/C10H17N3O/c1-8-4-11-9(12-5-8)13-6-10(2,3)7-14/h4-5,14H,6-7H2,1-3H3,(H,11,12,13). The molecule has 0 saturated carbocycles. The zero-order valence-corrected chi connectivity index (χ0v) is 8.91. The molecule has 0 aromatic carbocycles. The van der Waals surface area contributed by atoms with Crippen LogP contribution >= 0.6 is 0 Å². The summed E-state index contributed by atoms with van der Waals surface area (Å²) in [7, 11) is 0. The molecule has 0 bridgehead atoms. The van der Waals surface area contributed by atoms with Gasteiger partial charge in [-0.1, -0.05) is 13.8 Å². The highest BCUT2D eigenvalue weighted by Crippen LogP contribution is 2.13. The number of nitrogens with zero attached hydrogens (tertiary/aromatic N) is 2. The number of rotatable bonds is 4. The van der Waals surface area contributed by atoms with E-state index in [1.165, 1.54) is 0 Å². The molecule has 1 rings (SSSR count). The summed E-state index contributed by atoms with van der Waals surface area (Å²) in [5.41, 5.74) is 0.894. The maximum Gasteiger partial charge on any atom is 0.222 e. The van der Waals surface area contributed by atoms with Crippen LogP contribution in [-0.2, 0) is 0 Å². The second-order valence-corrected chi connectivity index (χ2v) is 4.26. The predicted octanol–water partition coefficient (Wildman–Crippen LogP) is 1.22. The van der Waals surface area contributed by atoms with Gasteiger partial charge >= 0.3 is 0 Å². The van der Waals surface area contributed by atoms with Crippen molar-refractivity contribution in [2.45, 2.75) is 20.8 Å². The van der Waals surface area contributed by atoms with Crippen LogP contribution in [0.5, 0.6) is 0 Å². The van der Waals surface area contributed by atoms with Gasteiger partial charge in [0.15, 0.2) is 0 Å². The normalized spacial score (nSPS) is 11.4. The van der Waals surface area contributed by atoms with Gasteiger partial charge in [0.1, 0.15) is 0 Å². The number of aliphatic hydroxyl groups excluding tert-OH is 1. The number of aliphatic hydroxyl groups is 1. The SMILES string of the molecule is Cc1cnc(NCC(C)(C)CO)nc1. The summed E-state index contributed by atoms with van der Waals surface area (Å²) in [6.07, 6.45) is 3.53. The van der Waals surface area contributed by atoms with Crippen LogP contribution in [0.4, 0.5) is 5.95 Å². The molecule has 0 spiro atoms. The summed E-state index contributed by atoms with van der Waals surface area (Å²) < 4.78 is 0. The largest absolute Gasteiger partial charge is 0.396 e. The second-order valence-electron chi connectivity index (χ2n) is 4.26. The number of hydrogen-bond acceptors (Lipinski definition) is 4. The van der Waals surface area contributed by atoms with E-state index in [0.717, 1.165) is 5.56 Å². The van der Waals surface area contributed by atoms with Crippen LogP contribution in [0.2, 0.25) is 0 Å². The van der Waals surface area contributed by atoms with E-state index in [-0.39, 0.29) is 12.0 Å². The molecule has 78 valence electrons. The Hall–Kier alpha value is -1.16. The van der Waals surface area contributed by atoms with Crippen molar-refractivity contribution in [1.82, 2.24) is 9.97 Å². The molecule has 0 fully saturated rings. The maximum atomic E-state index is 9.04. The molecule has 1 heterocycles. The molecule has 1 aromatic rings. The number of aryl methyl sites for hydroxylation is 1. The molecule has 2 N–H and O–H groups in total. The molecule has 0 aliphatic carbocycles. The first-order chi connectivity index (χ1) is 6.53. The fraction of sp³-hybridized carbons (Fsp3) is 0.600. The Labute approximate surface area is 84.4 Å². The average Bonchev–Trinajstić information content (AvgIpc) is 2.17. The first kappa shape index (κ1) is 10.9. The third kappa shape index (κ3) is 3.30. The molecule has 0 radical (unpaired) electrons. The quantitative estimate of drug-likeness (QED) is 0.758. The molecule has 0 unspecified atom stereocenters. The molecule has 0 saturated heterocycles. The topological polar surface area (TPSA) is 58.0 Å². The van der Waals surface area contributed by atoms with Crippen molar-refractivity contribution in [1.29, 1.82) is 0 Å². The van der Waals surface area contributed by atoms with Crippen LogP contribution in [0.15, 0.2) is 12.4 Å². The number of anilines is 1. The first-order valence-corrected chi connectivity index (χ1v) is 4.67. The van der Waals surface area contributed by atoms with E-state index in [9.17, 15) is 0 Å². The summed E-state index contributed by atoms with van der Waals surface area (Å²) in [4.78, 5) is 8.22. The van der Waals surface area contributed by atoms with Crippen LogP contribution in [0.1, 0.15) is 19.4 Å². The van der Waals surface area contributed by atoms with E-state index in [4.69, 9.17) is 5.11 Å². The van der Waals surface area contributed by atoms with Crippen molar-refractivity contribution in [2.75, 3.05) is 18.5 Å². The summed E-state index contributed by atoms with van der Waals surface area (Å²) in [5.74, 6) is 0.608. The van der Waals surface area contributed by atoms with E-state index in [1.807, 2.05) is 20.8 Å². The van der Waals surface area contributed by atoms with Gasteiger partial charge < -0.3 is 10.4 Å². The van der Waals surface area contributed by atoms with Crippen molar-refractivity contribution in [3.8, 4) is 0 Å². The maximum absolute atomic E-state index is 9.04. The lowest BCUT2D eigenvalue weighted by Gasteiger charge is -2.21. The predicted molar refractivity (Wildman–Crippen MR) is 56.1 cm³/mol. The fourth-order valence-electron chi connectivity index (χ4n) is 0.858. The Balaban J connectivity index is 2.50. The van der Waals surface area contributed by atoms with Gasteiger partial charge in [-0.3, -0.25) is 0 Å². The summed E-state index contributed by atoms with van der Waals surface area (Å²) in [6.45, 7) is 6.71. The van der Waals surface area contributed by atoms with Gasteiger partial charge in [0.2, 0.25) is 5.95 Å². The van der Waals surface area contributed by atoms with Crippen LogP contribution in [0.25, 0.3) is 0 Å². The number of aromatic nitrogens is 2. The van der Waals surface area contributed by atoms with E-state index < -0.39 is 0 Å². The highest BCUT2D eigenvalue weighted by atomic mass is 16.3. The fourth-order valence-corrected chi connectivity index (χ4v) is 0.858. The molecule has 4 nitrogen and oxygen atoms in total. The highest BCUT2D eigenvalue weighted by molar-refractivity contribution is 5.24. The minimum atomic E-state index is -0.145. The Morgan fingerprint density at radius 3 is 2.43 bits per heavy atom. The summed E-state index contributed by atoms with van der Waals surface area (Å²) in [5, 5.41) is 12.1. The third-order valence-electron chi connectivity index (χ3n) is 1.93. The summed E-state index contributed by atoms with van der Waals surface area (Å²) >= 11 is 0. The van der Waals surface area contributed by atoms with Crippen LogP contribution < -0.4 is 5.32 Å². The lowest BCUT2D eigenvalue weighted by molar-refractivity contribution is 0.170. The molecule has 14 heavy (non-hydrogen) atoms. The molecule has 0 atom stereocenters. The second kappa shape index (κ2) is 4.37. The Morgan fingerprint density at radius 2 is 1.93 bits per heavy atom. The van der Waals surface area contributed by atoms with Gasteiger partial charge in [-0.05, 0) is 12.5 Å². The van der Waals surface area contributed by atoms with Crippen molar-refractivity contribution in [3.05, 3.63) is 18.0 Å². The molecule has 0 amide bonds. The molecule has 0 aliphatic heterocycles. The van der Waals surface area contributed by atoms with Gasteiger partial charge in [-0.2, -0.15) is 0 Å². The zero-order chi connectivity index (χ0) is 10.6. The third-order valence-corrected chi connectivity index (χ3v) is 1.93. The molecule has 4 heteroatoms. The van der Waals surface area contributed by atoms with Gasteiger partial charge in [0, 0.05) is 31.0 Å². The lowest BCUT2D eigenvalue weighted by Crippen LogP contribution is -2.27. The smallest absolute Gasteiger partial charge is 0.222 e. The van der Waals surface area contributed by atoms with Crippen molar-refractivity contribution < 1.29 is 5.11 Å².